The van der Waals surface area contributed by atoms with Gasteiger partial charge in [-0.3, -0.25) is 9.20 Å². The van der Waals surface area contributed by atoms with Crippen molar-refractivity contribution in [2.24, 2.45) is 0 Å². The Kier molecular flexibility index (Phi) is 5.99. The first-order chi connectivity index (χ1) is 15.2. The summed E-state index contributed by atoms with van der Waals surface area (Å²) in [5, 5.41) is 6.43. The summed E-state index contributed by atoms with van der Waals surface area (Å²) in [5.74, 6) is 1.09. The van der Waals surface area contributed by atoms with Gasteiger partial charge >= 0.3 is 6.18 Å². The molecule has 2 N–H and O–H groups in total. The molecule has 32 heavy (non-hydrogen) atoms. The SMILES string of the molecule is COc1ccc(C(=O)N[C@@H]2CCC[C@H](Nc3ccc(C)c4nc(C(F)(F)F)cn34)C2)cc1. The lowest BCUT2D eigenvalue weighted by Crippen LogP contribution is -2.42. The highest BCUT2D eigenvalue weighted by atomic mass is 19.4. The fourth-order valence-electron chi connectivity index (χ4n) is 4.13. The third-order valence-corrected chi connectivity index (χ3v) is 5.81. The van der Waals surface area contributed by atoms with Crippen LogP contribution in [-0.2, 0) is 6.18 Å². The van der Waals surface area contributed by atoms with Crippen molar-refractivity contribution in [3.63, 3.8) is 0 Å². The summed E-state index contributed by atoms with van der Waals surface area (Å²) >= 11 is 0. The molecule has 4 rings (SSSR count). The van der Waals surface area contributed by atoms with Crippen molar-refractivity contribution >= 4 is 17.4 Å². The summed E-state index contributed by atoms with van der Waals surface area (Å²) in [6.07, 6.45) is -0.179. The Morgan fingerprint density at radius 3 is 2.53 bits per heavy atom. The average Bonchev–Trinajstić information content (AvgIpc) is 3.23. The van der Waals surface area contributed by atoms with E-state index in [2.05, 4.69) is 15.6 Å². The van der Waals surface area contributed by atoms with Gasteiger partial charge in [0.1, 0.15) is 17.2 Å². The van der Waals surface area contributed by atoms with Crippen LogP contribution < -0.4 is 15.4 Å². The van der Waals surface area contributed by atoms with Gasteiger partial charge in [-0.15, -0.1) is 0 Å². The summed E-state index contributed by atoms with van der Waals surface area (Å²) < 4.78 is 46.1. The number of nitrogens with zero attached hydrogens (tertiary/aromatic N) is 2. The molecular weight excluding hydrogens is 421 g/mol. The number of hydrogen-bond acceptors (Lipinski definition) is 4. The number of anilines is 1. The molecule has 0 saturated heterocycles. The lowest BCUT2D eigenvalue weighted by molar-refractivity contribution is -0.140. The van der Waals surface area contributed by atoms with E-state index in [1.807, 2.05) is 0 Å². The van der Waals surface area contributed by atoms with Gasteiger partial charge in [0, 0.05) is 23.8 Å². The summed E-state index contributed by atoms with van der Waals surface area (Å²) in [6.45, 7) is 1.73. The molecule has 2 aromatic heterocycles. The zero-order valence-corrected chi connectivity index (χ0v) is 17.9. The van der Waals surface area contributed by atoms with Gasteiger partial charge in [-0.2, -0.15) is 13.2 Å². The number of carbonyl (C=O) groups is 1. The number of nitrogens with one attached hydrogen (secondary N) is 2. The van der Waals surface area contributed by atoms with E-state index in [1.165, 1.54) is 4.40 Å². The van der Waals surface area contributed by atoms with Gasteiger partial charge in [0.2, 0.25) is 0 Å². The van der Waals surface area contributed by atoms with Crippen molar-refractivity contribution < 1.29 is 22.7 Å². The van der Waals surface area contributed by atoms with Gasteiger partial charge in [-0.1, -0.05) is 6.07 Å². The number of aromatic nitrogens is 2. The second-order valence-corrected chi connectivity index (χ2v) is 8.13. The van der Waals surface area contributed by atoms with Crippen molar-refractivity contribution in [1.82, 2.24) is 14.7 Å². The zero-order valence-electron chi connectivity index (χ0n) is 17.9. The first-order valence-corrected chi connectivity index (χ1v) is 10.5. The number of carbonyl (C=O) groups excluding carboxylic acids is 1. The first-order valence-electron chi connectivity index (χ1n) is 10.5. The number of amides is 1. The van der Waals surface area contributed by atoms with Gasteiger partial charge in [0.05, 0.1) is 7.11 Å². The maximum Gasteiger partial charge on any atom is 0.434 e. The molecule has 1 fully saturated rings. The number of methoxy groups -OCH3 is 1. The molecule has 0 aliphatic heterocycles. The van der Waals surface area contributed by atoms with Crippen LogP contribution in [0.2, 0.25) is 0 Å². The van der Waals surface area contributed by atoms with E-state index < -0.39 is 11.9 Å². The molecule has 6 nitrogen and oxygen atoms in total. The molecule has 1 aromatic carbocycles. The number of halogens is 3. The monoisotopic (exact) mass is 446 g/mol. The predicted octanol–water partition coefficient (Wildman–Crippen LogP) is 4.82. The Bertz CT molecular complexity index is 1110. The number of ether oxygens (including phenoxy) is 1. The topological polar surface area (TPSA) is 67.7 Å². The predicted molar refractivity (Wildman–Crippen MR) is 115 cm³/mol. The molecule has 1 aliphatic rings. The van der Waals surface area contributed by atoms with Gasteiger partial charge < -0.3 is 15.4 Å². The molecule has 170 valence electrons. The molecule has 3 aromatic rings. The molecule has 1 saturated carbocycles. The molecule has 9 heteroatoms. The summed E-state index contributed by atoms with van der Waals surface area (Å²) in [7, 11) is 1.57. The number of fused-ring (bicyclic) bond motifs is 1. The van der Waals surface area contributed by atoms with Crippen LogP contribution in [0.25, 0.3) is 5.65 Å². The largest absolute Gasteiger partial charge is 0.497 e. The molecule has 1 amide bonds. The molecule has 0 spiro atoms. The molecule has 0 bridgehead atoms. The fraction of sp³-hybridized carbons (Fsp3) is 0.391. The maximum absolute atomic E-state index is 13.2. The third-order valence-electron chi connectivity index (χ3n) is 5.81. The molecule has 0 radical (unpaired) electrons. The molecular formula is C23H25F3N4O2. The van der Waals surface area contributed by atoms with Crippen LogP contribution in [0.15, 0.2) is 42.6 Å². The minimum Gasteiger partial charge on any atom is -0.497 e. The van der Waals surface area contributed by atoms with E-state index in [-0.39, 0.29) is 23.6 Å². The smallest absolute Gasteiger partial charge is 0.434 e. The van der Waals surface area contributed by atoms with Crippen LogP contribution in [-0.4, -0.2) is 34.5 Å². The van der Waals surface area contributed by atoms with Crippen LogP contribution in [0, 0.1) is 6.92 Å². The third kappa shape index (κ3) is 4.66. The number of aryl methyl sites for hydroxylation is 1. The number of rotatable bonds is 5. The summed E-state index contributed by atoms with van der Waals surface area (Å²) in [4.78, 5) is 16.4. The van der Waals surface area contributed by atoms with E-state index in [4.69, 9.17) is 4.74 Å². The minimum absolute atomic E-state index is 0.0209. The maximum atomic E-state index is 13.2. The summed E-state index contributed by atoms with van der Waals surface area (Å²) in [6, 6.07) is 10.4. The van der Waals surface area contributed by atoms with Crippen molar-refractivity contribution in [3.05, 3.63) is 59.4 Å². The average molecular weight is 446 g/mol. The van der Waals surface area contributed by atoms with E-state index in [0.717, 1.165) is 25.5 Å². The van der Waals surface area contributed by atoms with E-state index in [0.29, 0.717) is 29.1 Å². The lowest BCUT2D eigenvalue weighted by atomic mass is 9.90. The van der Waals surface area contributed by atoms with Crippen LogP contribution in [0.5, 0.6) is 5.75 Å². The molecule has 2 heterocycles. The first kappa shape index (κ1) is 22.0. The van der Waals surface area contributed by atoms with Crippen molar-refractivity contribution in [1.29, 1.82) is 0 Å². The number of hydrogen-bond donors (Lipinski definition) is 2. The normalized spacial score (nSPS) is 19.0. The Balaban J connectivity index is 1.46. The van der Waals surface area contributed by atoms with Gasteiger partial charge in [-0.25, -0.2) is 4.98 Å². The highest BCUT2D eigenvalue weighted by Gasteiger charge is 2.34. The van der Waals surface area contributed by atoms with Gasteiger partial charge in [-0.05, 0) is 68.5 Å². The molecule has 2 atom stereocenters. The quantitative estimate of drug-likeness (QED) is 0.590. The zero-order chi connectivity index (χ0) is 22.9. The van der Waals surface area contributed by atoms with Crippen LogP contribution in [0.3, 0.4) is 0 Å². The fourth-order valence-corrected chi connectivity index (χ4v) is 4.13. The van der Waals surface area contributed by atoms with Crippen LogP contribution in [0.4, 0.5) is 19.0 Å². The van der Waals surface area contributed by atoms with Crippen molar-refractivity contribution in [3.8, 4) is 5.75 Å². The number of alkyl halides is 3. The van der Waals surface area contributed by atoms with E-state index in [9.17, 15) is 18.0 Å². The highest BCUT2D eigenvalue weighted by molar-refractivity contribution is 5.94. The molecule has 0 unspecified atom stereocenters. The Morgan fingerprint density at radius 2 is 1.84 bits per heavy atom. The van der Waals surface area contributed by atoms with E-state index in [1.54, 1.807) is 50.4 Å². The van der Waals surface area contributed by atoms with Gasteiger partial charge in [0.25, 0.3) is 5.91 Å². The number of pyridine rings is 1. The Labute approximate surface area is 183 Å². The minimum atomic E-state index is -4.50. The number of benzene rings is 1. The highest BCUT2D eigenvalue weighted by Crippen LogP contribution is 2.31. The van der Waals surface area contributed by atoms with Crippen molar-refractivity contribution in [2.45, 2.75) is 50.9 Å². The lowest BCUT2D eigenvalue weighted by Gasteiger charge is -2.31. The van der Waals surface area contributed by atoms with E-state index >= 15 is 0 Å². The Morgan fingerprint density at radius 1 is 1.12 bits per heavy atom. The number of imidazole rings is 1. The van der Waals surface area contributed by atoms with Crippen LogP contribution in [0.1, 0.15) is 47.3 Å². The van der Waals surface area contributed by atoms with Crippen molar-refractivity contribution in [2.75, 3.05) is 12.4 Å². The Hall–Kier alpha value is -3.23. The van der Waals surface area contributed by atoms with Gasteiger partial charge in [0.15, 0.2) is 5.69 Å². The van der Waals surface area contributed by atoms with Crippen LogP contribution >= 0.6 is 0 Å². The second-order valence-electron chi connectivity index (χ2n) is 8.13. The molecule has 1 aliphatic carbocycles. The second kappa shape index (κ2) is 8.72. The standard InChI is InChI=1S/C23H25F3N4O2/c1-14-6-11-20(30-13-19(23(24,25)26)29-21(14)30)27-16-4-3-5-17(12-16)28-22(31)15-7-9-18(32-2)10-8-15/h6-11,13,16-17,27H,3-5,12H2,1-2H3,(H,28,31)/t16-,17+/m0/s1. The summed E-state index contributed by atoms with van der Waals surface area (Å²) in [5.41, 5.74) is 0.587.